The maximum absolute atomic E-state index is 11.8. The van der Waals surface area contributed by atoms with Gasteiger partial charge in [-0.25, -0.2) is 4.79 Å². The molecule has 1 N–H and O–H groups in total. The molecule has 1 aliphatic heterocycles. The quantitative estimate of drug-likeness (QED) is 0.929. The highest BCUT2D eigenvalue weighted by Gasteiger charge is 2.24. The van der Waals surface area contributed by atoms with Crippen molar-refractivity contribution in [2.75, 3.05) is 13.1 Å². The third-order valence-corrected chi connectivity index (χ3v) is 3.77. The first-order chi connectivity index (χ1) is 10.4. The molecule has 1 aliphatic rings. The van der Waals surface area contributed by atoms with Gasteiger partial charge in [-0.15, -0.1) is 0 Å². The van der Waals surface area contributed by atoms with Crippen LogP contribution in [0.4, 0.5) is 4.79 Å². The lowest BCUT2D eigenvalue weighted by molar-refractivity contribution is 0.0492. The summed E-state index contributed by atoms with van der Waals surface area (Å²) in [5.41, 5.74) is 0.812. The Balaban J connectivity index is 1.86. The third-order valence-electron chi connectivity index (χ3n) is 3.77. The van der Waals surface area contributed by atoms with E-state index in [4.69, 9.17) is 4.74 Å². The molecule has 0 aromatic carbocycles. The van der Waals surface area contributed by atoms with E-state index >= 15 is 0 Å². The molecule has 2 heterocycles. The van der Waals surface area contributed by atoms with E-state index in [1.54, 1.807) is 0 Å². The van der Waals surface area contributed by atoms with Crippen LogP contribution in [0.25, 0.3) is 0 Å². The van der Waals surface area contributed by atoms with Gasteiger partial charge in [0.25, 0.3) is 0 Å². The normalized spacial score (nSPS) is 19.7. The molecule has 5 nitrogen and oxygen atoms in total. The summed E-state index contributed by atoms with van der Waals surface area (Å²) in [6, 6.07) is 4.47. The van der Waals surface area contributed by atoms with Crippen molar-refractivity contribution in [3.63, 3.8) is 0 Å². The van der Waals surface area contributed by atoms with E-state index in [2.05, 4.69) is 15.2 Å². The molecular weight excluding hydrogens is 278 g/mol. The van der Waals surface area contributed by atoms with Crippen LogP contribution in [0.15, 0.2) is 24.5 Å². The van der Waals surface area contributed by atoms with Gasteiger partial charge in [0.05, 0.1) is 0 Å². The molecule has 0 spiro atoms. The van der Waals surface area contributed by atoms with Crippen LogP contribution in [0.3, 0.4) is 0 Å². The Morgan fingerprint density at radius 1 is 1.36 bits per heavy atom. The minimum absolute atomic E-state index is 0.332. The molecule has 1 aromatic rings. The van der Waals surface area contributed by atoms with Crippen molar-refractivity contribution in [1.29, 1.82) is 0 Å². The van der Waals surface area contributed by atoms with E-state index in [1.165, 1.54) is 18.4 Å². The van der Waals surface area contributed by atoms with Crippen molar-refractivity contribution in [3.05, 3.63) is 30.1 Å². The number of hydrogen-bond donors (Lipinski definition) is 1. The van der Waals surface area contributed by atoms with Crippen molar-refractivity contribution >= 4 is 6.09 Å². The SMILES string of the molecule is CC(C)(C)OC(=O)NC[C@H]1CCCCN1Cc1ccncc1. The van der Waals surface area contributed by atoms with Crippen molar-refractivity contribution in [2.24, 2.45) is 0 Å². The second-order valence-corrected chi connectivity index (χ2v) is 6.86. The molecule has 0 bridgehead atoms. The van der Waals surface area contributed by atoms with Crippen molar-refractivity contribution < 1.29 is 9.53 Å². The fourth-order valence-electron chi connectivity index (χ4n) is 2.74. The maximum Gasteiger partial charge on any atom is 0.407 e. The van der Waals surface area contributed by atoms with Crippen LogP contribution in [0.1, 0.15) is 45.6 Å². The minimum atomic E-state index is -0.451. The van der Waals surface area contributed by atoms with Gasteiger partial charge < -0.3 is 10.1 Å². The lowest BCUT2D eigenvalue weighted by Gasteiger charge is -2.36. The number of rotatable bonds is 4. The summed E-state index contributed by atoms with van der Waals surface area (Å²) in [5, 5.41) is 2.91. The highest BCUT2D eigenvalue weighted by atomic mass is 16.6. The van der Waals surface area contributed by atoms with E-state index < -0.39 is 5.60 Å². The highest BCUT2D eigenvalue weighted by molar-refractivity contribution is 5.67. The maximum atomic E-state index is 11.8. The monoisotopic (exact) mass is 305 g/mol. The fourth-order valence-corrected chi connectivity index (χ4v) is 2.74. The number of carbonyl (C=O) groups is 1. The lowest BCUT2D eigenvalue weighted by Crippen LogP contribution is -2.47. The molecule has 0 aliphatic carbocycles. The number of piperidine rings is 1. The Bertz CT molecular complexity index is 471. The van der Waals surface area contributed by atoms with Crippen molar-refractivity contribution in [2.45, 2.75) is 58.2 Å². The average Bonchev–Trinajstić information content (AvgIpc) is 2.46. The summed E-state index contributed by atoms with van der Waals surface area (Å²) in [5.74, 6) is 0. The third kappa shape index (κ3) is 5.64. The number of amides is 1. The zero-order valence-corrected chi connectivity index (χ0v) is 13.8. The van der Waals surface area contributed by atoms with E-state index in [0.29, 0.717) is 12.6 Å². The molecule has 1 atom stereocenters. The van der Waals surface area contributed by atoms with Crippen LogP contribution < -0.4 is 5.32 Å². The molecule has 122 valence electrons. The Morgan fingerprint density at radius 2 is 2.09 bits per heavy atom. The second-order valence-electron chi connectivity index (χ2n) is 6.86. The van der Waals surface area contributed by atoms with Gasteiger partial charge in [-0.1, -0.05) is 6.42 Å². The number of pyridine rings is 1. The average molecular weight is 305 g/mol. The zero-order chi connectivity index (χ0) is 16.0. The summed E-state index contributed by atoms with van der Waals surface area (Å²) in [6.07, 6.45) is 6.87. The summed E-state index contributed by atoms with van der Waals surface area (Å²) in [4.78, 5) is 18.3. The Morgan fingerprint density at radius 3 is 2.77 bits per heavy atom. The predicted molar refractivity (Wildman–Crippen MR) is 86.5 cm³/mol. The van der Waals surface area contributed by atoms with Gasteiger partial charge in [-0.3, -0.25) is 9.88 Å². The molecule has 5 heteroatoms. The number of carbonyl (C=O) groups excluding carboxylic acids is 1. The van der Waals surface area contributed by atoms with Crippen LogP contribution >= 0.6 is 0 Å². The molecule has 0 radical (unpaired) electrons. The number of alkyl carbamates (subject to hydrolysis) is 1. The Hall–Kier alpha value is -1.62. The predicted octanol–water partition coefficient (Wildman–Crippen LogP) is 2.96. The molecule has 22 heavy (non-hydrogen) atoms. The van der Waals surface area contributed by atoms with Gasteiger partial charge in [-0.05, 0) is 57.9 Å². The van der Waals surface area contributed by atoms with E-state index in [1.807, 2.05) is 45.3 Å². The molecule has 1 amide bonds. The standard InChI is InChI=1S/C17H27N3O2/c1-17(2,3)22-16(21)19-12-15-6-4-5-11-20(15)13-14-7-9-18-10-8-14/h7-10,15H,4-6,11-13H2,1-3H3,(H,19,21)/t15-/m1/s1. The first-order valence-corrected chi connectivity index (χ1v) is 8.04. The Labute approximate surface area is 133 Å². The number of nitrogens with zero attached hydrogens (tertiary/aromatic N) is 2. The van der Waals surface area contributed by atoms with Crippen molar-refractivity contribution in [3.8, 4) is 0 Å². The molecule has 0 unspecified atom stereocenters. The fraction of sp³-hybridized carbons (Fsp3) is 0.647. The molecular formula is C17H27N3O2. The van der Waals surface area contributed by atoms with Crippen molar-refractivity contribution in [1.82, 2.24) is 15.2 Å². The summed E-state index contributed by atoms with van der Waals surface area (Å²) < 4.78 is 5.31. The van der Waals surface area contributed by atoms with Crippen LogP contribution in [0.5, 0.6) is 0 Å². The first kappa shape index (κ1) is 16.7. The van der Waals surface area contributed by atoms with E-state index in [0.717, 1.165) is 19.5 Å². The number of ether oxygens (including phenoxy) is 1. The van der Waals surface area contributed by atoms with Gasteiger partial charge in [0.2, 0.25) is 0 Å². The summed E-state index contributed by atoms with van der Waals surface area (Å²) >= 11 is 0. The first-order valence-electron chi connectivity index (χ1n) is 8.04. The highest BCUT2D eigenvalue weighted by Crippen LogP contribution is 2.19. The van der Waals surface area contributed by atoms with E-state index in [9.17, 15) is 4.79 Å². The van der Waals surface area contributed by atoms with Crippen LogP contribution in [-0.4, -0.2) is 40.7 Å². The topological polar surface area (TPSA) is 54.5 Å². The van der Waals surface area contributed by atoms with Crippen LogP contribution in [-0.2, 0) is 11.3 Å². The van der Waals surface area contributed by atoms with Crippen LogP contribution in [0, 0.1) is 0 Å². The van der Waals surface area contributed by atoms with Gasteiger partial charge in [0.1, 0.15) is 5.60 Å². The molecule has 1 saturated heterocycles. The second kappa shape index (κ2) is 7.58. The largest absolute Gasteiger partial charge is 0.444 e. The molecule has 2 rings (SSSR count). The zero-order valence-electron chi connectivity index (χ0n) is 13.8. The van der Waals surface area contributed by atoms with Crippen LogP contribution in [0.2, 0.25) is 0 Å². The lowest BCUT2D eigenvalue weighted by atomic mass is 10.0. The Kier molecular flexibility index (Phi) is 5.77. The van der Waals surface area contributed by atoms with Gasteiger partial charge in [-0.2, -0.15) is 0 Å². The molecule has 1 fully saturated rings. The number of likely N-dealkylation sites (tertiary alicyclic amines) is 1. The van der Waals surface area contributed by atoms with Gasteiger partial charge >= 0.3 is 6.09 Å². The molecule has 1 aromatic heterocycles. The molecule has 0 saturated carbocycles. The summed E-state index contributed by atoms with van der Waals surface area (Å²) in [7, 11) is 0. The van der Waals surface area contributed by atoms with E-state index in [-0.39, 0.29) is 6.09 Å². The van der Waals surface area contributed by atoms with Gasteiger partial charge in [0, 0.05) is 31.5 Å². The minimum Gasteiger partial charge on any atom is -0.444 e. The number of nitrogens with one attached hydrogen (secondary N) is 1. The smallest absolute Gasteiger partial charge is 0.407 e. The summed E-state index contributed by atoms with van der Waals surface area (Å²) in [6.45, 7) is 8.25. The number of aromatic nitrogens is 1. The number of hydrogen-bond acceptors (Lipinski definition) is 4. The van der Waals surface area contributed by atoms with Gasteiger partial charge in [0.15, 0.2) is 0 Å².